The molecule has 2 aromatic carbocycles. The van der Waals surface area contributed by atoms with E-state index < -0.39 is 0 Å². The van der Waals surface area contributed by atoms with Crippen LogP contribution < -0.4 is 20.7 Å². The maximum absolute atomic E-state index is 12.9. The predicted octanol–water partition coefficient (Wildman–Crippen LogP) is 2.22. The van der Waals surface area contributed by atoms with Crippen LogP contribution in [0.3, 0.4) is 0 Å². The molecule has 0 unspecified atom stereocenters. The van der Waals surface area contributed by atoms with E-state index in [0.717, 1.165) is 36.7 Å². The number of benzene rings is 2. The third-order valence-corrected chi connectivity index (χ3v) is 4.58. The summed E-state index contributed by atoms with van der Waals surface area (Å²) >= 11 is 0. The van der Waals surface area contributed by atoms with Crippen LogP contribution in [0.5, 0.6) is 5.75 Å². The lowest BCUT2D eigenvalue weighted by Crippen LogP contribution is -2.42. The summed E-state index contributed by atoms with van der Waals surface area (Å²) in [5.74, 6) is 0.0637. The number of ether oxygens (including phenoxy) is 1. The highest BCUT2D eigenvalue weighted by atomic mass is 16.5. The molecule has 3 N–H and O–H groups in total. The number of hydrogen-bond donors (Lipinski definition) is 3. The normalized spacial score (nSPS) is 14.9. The fourth-order valence-electron chi connectivity index (χ4n) is 3.25. The SMILES string of the molecule is CC(C)NC(=O)COc1cc2ccccc2cc1C(=O)NC1CCNCC1. The highest BCUT2D eigenvalue weighted by molar-refractivity contribution is 6.01. The van der Waals surface area contributed by atoms with Gasteiger partial charge in [0.25, 0.3) is 11.8 Å². The molecule has 0 saturated carbocycles. The summed E-state index contributed by atoms with van der Waals surface area (Å²) < 4.78 is 5.73. The second-order valence-corrected chi connectivity index (χ2v) is 7.20. The fourth-order valence-corrected chi connectivity index (χ4v) is 3.25. The number of rotatable bonds is 6. The molecule has 0 bridgehead atoms. The Morgan fingerprint density at radius 3 is 2.48 bits per heavy atom. The Bertz CT molecular complexity index is 813. The quantitative estimate of drug-likeness (QED) is 0.730. The molecule has 27 heavy (non-hydrogen) atoms. The van der Waals surface area contributed by atoms with Crippen molar-refractivity contribution in [2.45, 2.75) is 38.8 Å². The van der Waals surface area contributed by atoms with Crippen LogP contribution in [0.1, 0.15) is 37.0 Å². The molecule has 2 aromatic rings. The van der Waals surface area contributed by atoms with Crippen molar-refractivity contribution in [2.24, 2.45) is 0 Å². The van der Waals surface area contributed by atoms with Gasteiger partial charge in [-0.2, -0.15) is 0 Å². The first-order valence-electron chi connectivity index (χ1n) is 9.49. The maximum atomic E-state index is 12.9. The lowest BCUT2D eigenvalue weighted by Gasteiger charge is -2.24. The highest BCUT2D eigenvalue weighted by Gasteiger charge is 2.20. The summed E-state index contributed by atoms with van der Waals surface area (Å²) in [5.41, 5.74) is 0.463. The molecule has 144 valence electrons. The average molecular weight is 369 g/mol. The largest absolute Gasteiger partial charge is 0.483 e. The van der Waals surface area contributed by atoms with Crippen LogP contribution >= 0.6 is 0 Å². The third kappa shape index (κ3) is 5.20. The van der Waals surface area contributed by atoms with Crippen molar-refractivity contribution in [3.63, 3.8) is 0 Å². The molecule has 1 fully saturated rings. The van der Waals surface area contributed by atoms with Crippen LogP contribution in [0.15, 0.2) is 36.4 Å². The Morgan fingerprint density at radius 2 is 1.81 bits per heavy atom. The van der Waals surface area contributed by atoms with Gasteiger partial charge in [-0.1, -0.05) is 24.3 Å². The topological polar surface area (TPSA) is 79.5 Å². The zero-order chi connectivity index (χ0) is 19.2. The monoisotopic (exact) mass is 369 g/mol. The Hall–Kier alpha value is -2.60. The van der Waals surface area contributed by atoms with Gasteiger partial charge in [0.1, 0.15) is 5.75 Å². The van der Waals surface area contributed by atoms with Gasteiger partial charge in [0.15, 0.2) is 6.61 Å². The van der Waals surface area contributed by atoms with Crippen molar-refractivity contribution in [1.82, 2.24) is 16.0 Å². The van der Waals surface area contributed by atoms with E-state index in [4.69, 9.17) is 4.74 Å². The van der Waals surface area contributed by atoms with E-state index in [1.807, 2.05) is 50.2 Å². The van der Waals surface area contributed by atoms with Gasteiger partial charge in [0.05, 0.1) is 5.56 Å². The molecule has 1 saturated heterocycles. The molecule has 1 aliphatic rings. The van der Waals surface area contributed by atoms with Gasteiger partial charge >= 0.3 is 0 Å². The van der Waals surface area contributed by atoms with Crippen LogP contribution in [0.2, 0.25) is 0 Å². The minimum Gasteiger partial charge on any atom is -0.483 e. The molecule has 6 nitrogen and oxygen atoms in total. The number of carbonyl (C=O) groups excluding carboxylic acids is 2. The molecule has 0 aliphatic carbocycles. The van der Waals surface area contributed by atoms with Crippen LogP contribution in [0, 0.1) is 0 Å². The van der Waals surface area contributed by atoms with E-state index >= 15 is 0 Å². The molecule has 6 heteroatoms. The van der Waals surface area contributed by atoms with Crippen LogP contribution in [-0.2, 0) is 4.79 Å². The van der Waals surface area contributed by atoms with Crippen LogP contribution in [0.25, 0.3) is 10.8 Å². The van der Waals surface area contributed by atoms with E-state index in [1.54, 1.807) is 0 Å². The molecule has 1 heterocycles. The third-order valence-electron chi connectivity index (χ3n) is 4.58. The van der Waals surface area contributed by atoms with Gasteiger partial charge in [-0.15, -0.1) is 0 Å². The number of carbonyl (C=O) groups is 2. The second kappa shape index (κ2) is 8.86. The first-order valence-corrected chi connectivity index (χ1v) is 9.49. The lowest BCUT2D eigenvalue weighted by molar-refractivity contribution is -0.123. The number of fused-ring (bicyclic) bond motifs is 1. The Morgan fingerprint density at radius 1 is 1.15 bits per heavy atom. The van der Waals surface area contributed by atoms with Crippen LogP contribution in [-0.4, -0.2) is 43.6 Å². The second-order valence-electron chi connectivity index (χ2n) is 7.20. The van der Waals surface area contributed by atoms with E-state index in [9.17, 15) is 9.59 Å². The molecule has 3 rings (SSSR count). The van der Waals surface area contributed by atoms with Gasteiger partial charge in [-0.05, 0) is 62.7 Å². The number of amides is 2. The average Bonchev–Trinajstić information content (AvgIpc) is 2.66. The first-order chi connectivity index (χ1) is 13.0. The van der Waals surface area contributed by atoms with Gasteiger partial charge in [-0.25, -0.2) is 0 Å². The predicted molar refractivity (Wildman–Crippen MR) is 106 cm³/mol. The molecular weight excluding hydrogens is 342 g/mol. The number of piperidine rings is 1. The lowest BCUT2D eigenvalue weighted by atomic mass is 10.0. The van der Waals surface area contributed by atoms with Crippen molar-refractivity contribution in [2.75, 3.05) is 19.7 Å². The molecule has 2 amide bonds. The molecule has 1 aliphatic heterocycles. The van der Waals surface area contributed by atoms with E-state index in [0.29, 0.717) is 11.3 Å². The van der Waals surface area contributed by atoms with E-state index in [2.05, 4.69) is 16.0 Å². The van der Waals surface area contributed by atoms with Crippen molar-refractivity contribution < 1.29 is 14.3 Å². The van der Waals surface area contributed by atoms with Gasteiger partial charge < -0.3 is 20.7 Å². The Kier molecular flexibility index (Phi) is 6.29. The van der Waals surface area contributed by atoms with E-state index in [1.165, 1.54) is 0 Å². The van der Waals surface area contributed by atoms with E-state index in [-0.39, 0.29) is 30.5 Å². The minimum atomic E-state index is -0.206. The Labute approximate surface area is 159 Å². The van der Waals surface area contributed by atoms with Crippen LogP contribution in [0.4, 0.5) is 0 Å². The molecule has 0 spiro atoms. The number of nitrogens with one attached hydrogen (secondary N) is 3. The van der Waals surface area contributed by atoms with Gasteiger partial charge in [0.2, 0.25) is 0 Å². The molecule has 0 radical (unpaired) electrons. The Balaban J connectivity index is 1.81. The summed E-state index contributed by atoms with van der Waals surface area (Å²) in [6, 6.07) is 11.7. The number of hydrogen-bond acceptors (Lipinski definition) is 4. The zero-order valence-corrected chi connectivity index (χ0v) is 15.9. The smallest absolute Gasteiger partial charge is 0.258 e. The summed E-state index contributed by atoms with van der Waals surface area (Å²) in [7, 11) is 0. The summed E-state index contributed by atoms with van der Waals surface area (Å²) in [4.78, 5) is 24.8. The minimum absolute atomic E-state index is 0.0420. The molecule has 0 atom stereocenters. The molecular formula is C21H27N3O3. The van der Waals surface area contributed by atoms with Crippen molar-refractivity contribution in [1.29, 1.82) is 0 Å². The van der Waals surface area contributed by atoms with Crippen molar-refractivity contribution in [3.05, 3.63) is 42.0 Å². The van der Waals surface area contributed by atoms with Crippen molar-refractivity contribution >= 4 is 22.6 Å². The summed E-state index contributed by atoms with van der Waals surface area (Å²) in [5, 5.41) is 11.1. The first kappa shape index (κ1) is 19.2. The standard InChI is InChI=1S/C21H27N3O3/c1-14(2)23-20(25)13-27-19-12-16-6-4-3-5-15(16)11-18(19)21(26)24-17-7-9-22-10-8-17/h3-6,11-12,14,17,22H,7-10,13H2,1-2H3,(H,23,25)(H,24,26). The maximum Gasteiger partial charge on any atom is 0.258 e. The fraction of sp³-hybridized carbons (Fsp3) is 0.429. The van der Waals surface area contributed by atoms with Gasteiger partial charge in [-0.3, -0.25) is 9.59 Å². The summed E-state index contributed by atoms with van der Waals surface area (Å²) in [6.07, 6.45) is 1.82. The van der Waals surface area contributed by atoms with Crippen molar-refractivity contribution in [3.8, 4) is 5.75 Å². The van der Waals surface area contributed by atoms with Gasteiger partial charge in [0, 0.05) is 12.1 Å². The summed E-state index contributed by atoms with van der Waals surface area (Å²) in [6.45, 7) is 5.48. The zero-order valence-electron chi connectivity index (χ0n) is 15.9. The molecule has 0 aromatic heterocycles. The highest BCUT2D eigenvalue weighted by Crippen LogP contribution is 2.26.